The Morgan fingerprint density at radius 1 is 1.05 bits per heavy atom. The van der Waals surface area contributed by atoms with Crippen molar-refractivity contribution in [2.75, 3.05) is 12.1 Å². The maximum atomic E-state index is 6.00. The molecule has 1 aliphatic rings. The van der Waals surface area contributed by atoms with Crippen molar-refractivity contribution in [3.8, 4) is 11.5 Å². The minimum atomic E-state index is 0.276. The van der Waals surface area contributed by atoms with Crippen LogP contribution in [0.1, 0.15) is 5.56 Å². The molecular formula is C14H10Br2ClNO2. The summed E-state index contributed by atoms with van der Waals surface area (Å²) in [6, 6.07) is 9.53. The van der Waals surface area contributed by atoms with E-state index in [0.29, 0.717) is 11.6 Å². The number of halogens is 3. The Morgan fingerprint density at radius 3 is 2.60 bits per heavy atom. The number of hydrogen-bond acceptors (Lipinski definition) is 3. The second-order valence-corrected chi connectivity index (χ2v) is 6.42. The Labute approximate surface area is 138 Å². The Balaban J connectivity index is 1.80. The normalized spacial score (nSPS) is 12.6. The lowest BCUT2D eigenvalue weighted by molar-refractivity contribution is 0.174. The third-order valence-corrected chi connectivity index (χ3v) is 4.60. The molecule has 0 amide bonds. The van der Waals surface area contributed by atoms with Gasteiger partial charge in [-0.05, 0) is 51.8 Å². The maximum absolute atomic E-state index is 6.00. The second-order valence-electron chi connectivity index (χ2n) is 4.27. The van der Waals surface area contributed by atoms with Gasteiger partial charge in [-0.1, -0.05) is 27.5 Å². The van der Waals surface area contributed by atoms with Gasteiger partial charge in [0.2, 0.25) is 6.79 Å². The summed E-state index contributed by atoms with van der Waals surface area (Å²) in [4.78, 5) is 0. The predicted octanol–water partition coefficient (Wildman–Crippen LogP) is 5.21. The molecule has 0 fully saturated rings. The van der Waals surface area contributed by atoms with Gasteiger partial charge in [0.15, 0.2) is 11.5 Å². The fraction of sp³-hybridized carbons (Fsp3) is 0.143. The molecule has 0 aromatic heterocycles. The molecule has 0 saturated carbocycles. The van der Waals surface area contributed by atoms with Gasteiger partial charge in [-0.25, -0.2) is 0 Å². The van der Waals surface area contributed by atoms with Crippen molar-refractivity contribution < 1.29 is 9.47 Å². The average molecular weight is 420 g/mol. The lowest BCUT2D eigenvalue weighted by Gasteiger charge is -2.11. The second kappa shape index (κ2) is 5.84. The largest absolute Gasteiger partial charge is 0.454 e. The molecule has 0 spiro atoms. The van der Waals surface area contributed by atoms with Crippen LogP contribution in [-0.2, 0) is 6.54 Å². The van der Waals surface area contributed by atoms with Gasteiger partial charge in [-0.3, -0.25) is 0 Å². The van der Waals surface area contributed by atoms with Crippen molar-refractivity contribution in [3.05, 3.63) is 49.9 Å². The van der Waals surface area contributed by atoms with Gasteiger partial charge in [0.25, 0.3) is 0 Å². The van der Waals surface area contributed by atoms with Crippen LogP contribution in [0, 0.1) is 0 Å². The minimum absolute atomic E-state index is 0.276. The Kier molecular flexibility index (Phi) is 4.10. The predicted molar refractivity (Wildman–Crippen MR) is 86.7 cm³/mol. The van der Waals surface area contributed by atoms with Crippen molar-refractivity contribution in [2.45, 2.75) is 6.54 Å². The van der Waals surface area contributed by atoms with E-state index in [1.165, 1.54) is 0 Å². The molecule has 20 heavy (non-hydrogen) atoms. The molecule has 3 rings (SSSR count). The van der Waals surface area contributed by atoms with E-state index in [4.69, 9.17) is 21.1 Å². The molecule has 3 nitrogen and oxygen atoms in total. The van der Waals surface area contributed by atoms with Crippen molar-refractivity contribution in [1.82, 2.24) is 0 Å². The highest BCUT2D eigenvalue weighted by Gasteiger charge is 2.16. The molecule has 0 atom stereocenters. The minimum Gasteiger partial charge on any atom is -0.454 e. The zero-order valence-corrected chi connectivity index (χ0v) is 14.2. The molecule has 104 valence electrons. The Morgan fingerprint density at radius 2 is 1.80 bits per heavy atom. The molecule has 2 aromatic rings. The van der Waals surface area contributed by atoms with E-state index < -0.39 is 0 Å². The van der Waals surface area contributed by atoms with Crippen LogP contribution in [0.15, 0.2) is 39.3 Å². The third-order valence-electron chi connectivity index (χ3n) is 2.94. The van der Waals surface area contributed by atoms with Crippen LogP contribution in [0.4, 0.5) is 5.69 Å². The van der Waals surface area contributed by atoms with E-state index in [1.54, 1.807) is 0 Å². The van der Waals surface area contributed by atoms with Crippen molar-refractivity contribution >= 4 is 49.1 Å². The van der Waals surface area contributed by atoms with Gasteiger partial charge < -0.3 is 14.8 Å². The smallest absolute Gasteiger partial charge is 0.231 e. The lowest BCUT2D eigenvalue weighted by Crippen LogP contribution is -2.01. The van der Waals surface area contributed by atoms with Crippen LogP contribution in [0.3, 0.4) is 0 Å². The van der Waals surface area contributed by atoms with E-state index in [2.05, 4.69) is 37.2 Å². The number of fused-ring (bicyclic) bond motifs is 1. The zero-order chi connectivity index (χ0) is 14.1. The summed E-state index contributed by atoms with van der Waals surface area (Å²) in [5.74, 6) is 1.54. The summed E-state index contributed by atoms with van der Waals surface area (Å²) in [5, 5.41) is 4.04. The lowest BCUT2D eigenvalue weighted by atomic mass is 10.2. The average Bonchev–Trinajstić information content (AvgIpc) is 2.86. The van der Waals surface area contributed by atoms with Gasteiger partial charge in [0.1, 0.15) is 0 Å². The molecule has 0 radical (unpaired) electrons. The topological polar surface area (TPSA) is 30.5 Å². The van der Waals surface area contributed by atoms with E-state index in [1.807, 2.05) is 30.3 Å². The SMILES string of the molecule is Clc1ccc(Br)c(NCc2cc3c(cc2Br)OCO3)c1. The summed E-state index contributed by atoms with van der Waals surface area (Å²) >= 11 is 13.0. The first-order valence-corrected chi connectivity index (χ1v) is 7.87. The summed E-state index contributed by atoms with van der Waals surface area (Å²) in [5.41, 5.74) is 2.03. The van der Waals surface area contributed by atoms with E-state index in [0.717, 1.165) is 31.7 Å². The number of ether oxygens (including phenoxy) is 2. The third kappa shape index (κ3) is 2.90. The number of nitrogens with one attached hydrogen (secondary N) is 1. The number of benzene rings is 2. The molecule has 0 saturated heterocycles. The van der Waals surface area contributed by atoms with Crippen LogP contribution < -0.4 is 14.8 Å². The molecule has 1 heterocycles. The van der Waals surface area contributed by atoms with E-state index in [9.17, 15) is 0 Å². The molecule has 0 bridgehead atoms. The number of anilines is 1. The van der Waals surface area contributed by atoms with Crippen LogP contribution in [0.25, 0.3) is 0 Å². The van der Waals surface area contributed by atoms with Gasteiger partial charge in [0.05, 0.1) is 5.69 Å². The first kappa shape index (κ1) is 14.0. The summed E-state index contributed by atoms with van der Waals surface area (Å²) < 4.78 is 12.7. The quantitative estimate of drug-likeness (QED) is 0.741. The number of rotatable bonds is 3. The summed E-state index contributed by atoms with van der Waals surface area (Å²) in [6.07, 6.45) is 0. The van der Waals surface area contributed by atoms with E-state index in [-0.39, 0.29) is 6.79 Å². The van der Waals surface area contributed by atoms with Crippen molar-refractivity contribution in [3.63, 3.8) is 0 Å². The highest BCUT2D eigenvalue weighted by molar-refractivity contribution is 9.11. The monoisotopic (exact) mass is 417 g/mol. The summed E-state index contributed by atoms with van der Waals surface area (Å²) in [7, 11) is 0. The molecule has 0 unspecified atom stereocenters. The number of hydrogen-bond donors (Lipinski definition) is 1. The van der Waals surface area contributed by atoms with Crippen molar-refractivity contribution in [1.29, 1.82) is 0 Å². The van der Waals surface area contributed by atoms with Gasteiger partial charge >= 0.3 is 0 Å². The van der Waals surface area contributed by atoms with Gasteiger partial charge in [-0.2, -0.15) is 0 Å². The van der Waals surface area contributed by atoms with Crippen LogP contribution in [0.2, 0.25) is 5.02 Å². The maximum Gasteiger partial charge on any atom is 0.231 e. The standard InChI is InChI=1S/C14H10Br2ClNO2/c15-10-2-1-9(17)4-12(10)18-6-8-3-13-14(5-11(8)16)20-7-19-13/h1-5,18H,6-7H2. The fourth-order valence-electron chi connectivity index (χ4n) is 1.92. The fourth-order valence-corrected chi connectivity index (χ4v) is 2.94. The molecule has 2 aromatic carbocycles. The Hall–Kier alpha value is -0.910. The molecular weight excluding hydrogens is 409 g/mol. The van der Waals surface area contributed by atoms with Crippen LogP contribution in [-0.4, -0.2) is 6.79 Å². The molecule has 0 aliphatic carbocycles. The van der Waals surface area contributed by atoms with E-state index >= 15 is 0 Å². The molecule has 1 aliphatic heterocycles. The Bertz CT molecular complexity index is 664. The van der Waals surface area contributed by atoms with Gasteiger partial charge in [-0.15, -0.1) is 0 Å². The highest BCUT2D eigenvalue weighted by Crippen LogP contribution is 2.37. The van der Waals surface area contributed by atoms with Crippen molar-refractivity contribution in [2.24, 2.45) is 0 Å². The highest BCUT2D eigenvalue weighted by atomic mass is 79.9. The molecule has 1 N–H and O–H groups in total. The first-order valence-electron chi connectivity index (χ1n) is 5.90. The molecule has 6 heteroatoms. The van der Waals surface area contributed by atoms with Gasteiger partial charge in [0, 0.05) is 20.5 Å². The summed E-state index contributed by atoms with van der Waals surface area (Å²) in [6.45, 7) is 0.925. The van der Waals surface area contributed by atoms with Crippen LogP contribution >= 0.6 is 43.5 Å². The van der Waals surface area contributed by atoms with Crippen LogP contribution in [0.5, 0.6) is 11.5 Å². The zero-order valence-electron chi connectivity index (χ0n) is 10.3. The first-order chi connectivity index (χ1) is 9.63.